The van der Waals surface area contributed by atoms with Gasteiger partial charge in [0, 0.05) is 37.9 Å². The zero-order chi connectivity index (χ0) is 17.0. The number of amides is 1. The standard InChI is InChI=1S/C15H18N2O6/c1-23-10-15(14(19)20)7-2-8-16(9-15)13(18)11-3-5-12(6-4-11)17(21)22/h3-6H,2,7-10H2,1H3,(H,19,20). The number of carbonyl (C=O) groups is 2. The van der Waals surface area contributed by atoms with Crippen molar-refractivity contribution in [2.75, 3.05) is 26.8 Å². The molecule has 1 aliphatic rings. The highest BCUT2D eigenvalue weighted by Crippen LogP contribution is 2.31. The molecule has 1 fully saturated rings. The second kappa shape index (κ2) is 6.74. The van der Waals surface area contributed by atoms with E-state index in [-0.39, 0.29) is 24.7 Å². The number of rotatable bonds is 5. The summed E-state index contributed by atoms with van der Waals surface area (Å²) >= 11 is 0. The van der Waals surface area contributed by atoms with Gasteiger partial charge in [-0.1, -0.05) is 0 Å². The van der Waals surface area contributed by atoms with Crippen molar-refractivity contribution >= 4 is 17.6 Å². The van der Waals surface area contributed by atoms with E-state index in [9.17, 15) is 24.8 Å². The Morgan fingerprint density at radius 1 is 1.39 bits per heavy atom. The van der Waals surface area contributed by atoms with Gasteiger partial charge in [0.2, 0.25) is 0 Å². The van der Waals surface area contributed by atoms with Crippen molar-refractivity contribution in [3.8, 4) is 0 Å². The third kappa shape index (κ3) is 3.48. The van der Waals surface area contributed by atoms with Gasteiger partial charge < -0.3 is 14.7 Å². The van der Waals surface area contributed by atoms with Crippen LogP contribution in [0, 0.1) is 15.5 Å². The fourth-order valence-corrected chi connectivity index (χ4v) is 2.84. The van der Waals surface area contributed by atoms with Crippen molar-refractivity contribution in [1.82, 2.24) is 4.90 Å². The lowest BCUT2D eigenvalue weighted by atomic mass is 9.80. The maximum atomic E-state index is 12.5. The fraction of sp³-hybridized carbons (Fsp3) is 0.467. The smallest absolute Gasteiger partial charge is 0.313 e. The van der Waals surface area contributed by atoms with E-state index in [0.717, 1.165) is 0 Å². The maximum absolute atomic E-state index is 12.5. The SMILES string of the molecule is COCC1(C(=O)O)CCCN(C(=O)c2ccc([N+](=O)[O-])cc2)C1. The van der Waals surface area contributed by atoms with Crippen molar-refractivity contribution in [2.24, 2.45) is 5.41 Å². The van der Waals surface area contributed by atoms with E-state index < -0.39 is 16.3 Å². The molecule has 23 heavy (non-hydrogen) atoms. The summed E-state index contributed by atoms with van der Waals surface area (Å²) in [6.07, 6.45) is 1.01. The Balaban J connectivity index is 2.18. The lowest BCUT2D eigenvalue weighted by molar-refractivity contribution is -0.384. The van der Waals surface area contributed by atoms with Crippen molar-refractivity contribution in [3.05, 3.63) is 39.9 Å². The number of likely N-dealkylation sites (tertiary alicyclic amines) is 1. The molecule has 0 aromatic heterocycles. The lowest BCUT2D eigenvalue weighted by Crippen LogP contribution is -2.52. The average Bonchev–Trinajstić information content (AvgIpc) is 2.54. The minimum Gasteiger partial charge on any atom is -0.481 e. The monoisotopic (exact) mass is 322 g/mol. The molecule has 124 valence electrons. The maximum Gasteiger partial charge on any atom is 0.313 e. The minimum atomic E-state index is -1.11. The summed E-state index contributed by atoms with van der Waals surface area (Å²) in [5, 5.41) is 20.1. The first-order valence-corrected chi connectivity index (χ1v) is 7.16. The van der Waals surface area contributed by atoms with Crippen molar-refractivity contribution in [3.63, 3.8) is 0 Å². The van der Waals surface area contributed by atoms with Gasteiger partial charge in [0.1, 0.15) is 5.41 Å². The summed E-state index contributed by atoms with van der Waals surface area (Å²) in [6, 6.07) is 5.29. The van der Waals surface area contributed by atoms with E-state index in [0.29, 0.717) is 24.9 Å². The number of nitro benzene ring substituents is 1. The number of hydrogen-bond acceptors (Lipinski definition) is 5. The first-order chi connectivity index (χ1) is 10.9. The molecule has 0 radical (unpaired) electrons. The van der Waals surface area contributed by atoms with Crippen LogP contribution < -0.4 is 0 Å². The van der Waals surface area contributed by atoms with Crippen LogP contribution in [0.4, 0.5) is 5.69 Å². The van der Waals surface area contributed by atoms with E-state index in [1.54, 1.807) is 0 Å². The molecule has 1 aromatic rings. The van der Waals surface area contributed by atoms with E-state index in [1.807, 2.05) is 0 Å². The van der Waals surface area contributed by atoms with Crippen LogP contribution in [0.5, 0.6) is 0 Å². The second-order valence-electron chi connectivity index (χ2n) is 5.65. The van der Waals surface area contributed by atoms with Crippen LogP contribution in [0.15, 0.2) is 24.3 Å². The van der Waals surface area contributed by atoms with Crippen LogP contribution >= 0.6 is 0 Å². The largest absolute Gasteiger partial charge is 0.481 e. The summed E-state index contributed by atoms with van der Waals surface area (Å²) in [6.45, 7) is 0.549. The number of carboxylic acids is 1. The number of methoxy groups -OCH3 is 1. The molecule has 1 atom stereocenters. The third-order valence-electron chi connectivity index (χ3n) is 4.06. The summed E-state index contributed by atoms with van der Waals surface area (Å²) in [4.78, 5) is 35.7. The molecule has 1 unspecified atom stereocenters. The number of nitro groups is 1. The van der Waals surface area contributed by atoms with Gasteiger partial charge in [-0.15, -0.1) is 0 Å². The molecule has 1 heterocycles. The number of non-ortho nitro benzene ring substituents is 1. The van der Waals surface area contributed by atoms with E-state index >= 15 is 0 Å². The van der Waals surface area contributed by atoms with Gasteiger partial charge in [-0.2, -0.15) is 0 Å². The van der Waals surface area contributed by atoms with Gasteiger partial charge in [0.25, 0.3) is 11.6 Å². The predicted molar refractivity (Wildman–Crippen MR) is 80.2 cm³/mol. The van der Waals surface area contributed by atoms with Crippen molar-refractivity contribution < 1.29 is 24.4 Å². The van der Waals surface area contributed by atoms with Crippen LogP contribution in [-0.4, -0.2) is 53.6 Å². The Kier molecular flexibility index (Phi) is 4.95. The van der Waals surface area contributed by atoms with Gasteiger partial charge in [-0.05, 0) is 25.0 Å². The highest BCUT2D eigenvalue weighted by molar-refractivity contribution is 5.95. The molecule has 0 saturated carbocycles. The van der Waals surface area contributed by atoms with E-state index in [4.69, 9.17) is 4.74 Å². The molecule has 1 saturated heterocycles. The predicted octanol–water partition coefficient (Wildman–Crippen LogP) is 1.55. The Morgan fingerprint density at radius 2 is 2.04 bits per heavy atom. The van der Waals surface area contributed by atoms with Crippen LogP contribution in [-0.2, 0) is 9.53 Å². The summed E-state index contributed by atoms with van der Waals surface area (Å²) in [5.41, 5.74) is -0.905. The molecule has 1 N–H and O–H groups in total. The molecule has 1 aromatic carbocycles. The van der Waals surface area contributed by atoms with Gasteiger partial charge in [-0.3, -0.25) is 19.7 Å². The van der Waals surface area contributed by atoms with Crippen LogP contribution in [0.1, 0.15) is 23.2 Å². The number of piperidine rings is 1. The van der Waals surface area contributed by atoms with Gasteiger partial charge in [0.05, 0.1) is 11.5 Å². The van der Waals surface area contributed by atoms with Crippen LogP contribution in [0.2, 0.25) is 0 Å². The van der Waals surface area contributed by atoms with Crippen LogP contribution in [0.25, 0.3) is 0 Å². The molecule has 0 spiro atoms. The highest BCUT2D eigenvalue weighted by atomic mass is 16.6. The molecule has 2 rings (SSSR count). The first-order valence-electron chi connectivity index (χ1n) is 7.16. The molecule has 0 bridgehead atoms. The summed E-state index contributed by atoms with van der Waals surface area (Å²) < 4.78 is 5.03. The van der Waals surface area contributed by atoms with Crippen molar-refractivity contribution in [2.45, 2.75) is 12.8 Å². The Hall–Kier alpha value is -2.48. The molecule has 1 amide bonds. The zero-order valence-electron chi connectivity index (χ0n) is 12.7. The molecule has 1 aliphatic heterocycles. The van der Waals surface area contributed by atoms with E-state index in [1.165, 1.54) is 36.3 Å². The Bertz CT molecular complexity index is 611. The molecular weight excluding hydrogens is 304 g/mol. The first kappa shape index (κ1) is 16.9. The lowest BCUT2D eigenvalue weighted by Gasteiger charge is -2.39. The molecule has 8 heteroatoms. The Morgan fingerprint density at radius 3 is 2.57 bits per heavy atom. The highest BCUT2D eigenvalue weighted by Gasteiger charge is 2.44. The number of carboxylic acid groups (broad SMARTS) is 1. The molecule has 8 nitrogen and oxygen atoms in total. The number of carbonyl (C=O) groups excluding carboxylic acids is 1. The van der Waals surface area contributed by atoms with Gasteiger partial charge in [-0.25, -0.2) is 0 Å². The van der Waals surface area contributed by atoms with Gasteiger partial charge >= 0.3 is 5.97 Å². The normalized spacial score (nSPS) is 21.0. The molecule has 0 aliphatic carbocycles. The fourth-order valence-electron chi connectivity index (χ4n) is 2.84. The number of nitrogens with zero attached hydrogens (tertiary/aromatic N) is 2. The quantitative estimate of drug-likeness (QED) is 0.650. The number of hydrogen-bond donors (Lipinski definition) is 1. The zero-order valence-corrected chi connectivity index (χ0v) is 12.7. The average molecular weight is 322 g/mol. The topological polar surface area (TPSA) is 110 Å². The molecular formula is C15H18N2O6. The second-order valence-corrected chi connectivity index (χ2v) is 5.65. The van der Waals surface area contributed by atoms with Crippen LogP contribution in [0.3, 0.4) is 0 Å². The number of benzene rings is 1. The Labute approximate surface area is 132 Å². The summed E-state index contributed by atoms with van der Waals surface area (Å²) in [5.74, 6) is -1.32. The van der Waals surface area contributed by atoms with Crippen molar-refractivity contribution in [1.29, 1.82) is 0 Å². The van der Waals surface area contributed by atoms with Gasteiger partial charge in [0.15, 0.2) is 0 Å². The minimum absolute atomic E-state index is 0.0341. The summed E-state index contributed by atoms with van der Waals surface area (Å²) in [7, 11) is 1.43. The number of ether oxygens (including phenoxy) is 1. The van der Waals surface area contributed by atoms with E-state index in [2.05, 4.69) is 0 Å². The third-order valence-corrected chi connectivity index (χ3v) is 4.06. The number of aliphatic carboxylic acids is 1.